The molecule has 0 saturated carbocycles. The molecular weight excluding hydrogens is 405 g/mol. The van der Waals surface area contributed by atoms with Crippen molar-refractivity contribution in [1.29, 1.82) is 0 Å². The fourth-order valence-corrected chi connectivity index (χ4v) is 4.39. The van der Waals surface area contributed by atoms with Crippen molar-refractivity contribution < 1.29 is 9.13 Å². The topological polar surface area (TPSA) is 60.5 Å². The number of pyridine rings is 1. The van der Waals surface area contributed by atoms with E-state index in [-0.39, 0.29) is 10.9 Å². The monoisotopic (exact) mass is 413 g/mol. The molecule has 2 aliphatic heterocycles. The molecule has 1 atom stereocenters. The second-order valence-corrected chi connectivity index (χ2v) is 7.68. The molecule has 1 unspecified atom stereocenters. The highest BCUT2D eigenvalue weighted by molar-refractivity contribution is 9.10. The van der Waals surface area contributed by atoms with E-state index in [0.717, 1.165) is 15.8 Å². The molecule has 23 heavy (non-hydrogen) atoms. The van der Waals surface area contributed by atoms with E-state index in [1.54, 1.807) is 12.1 Å². The van der Waals surface area contributed by atoms with Gasteiger partial charge in [0, 0.05) is 21.4 Å². The molecular formula is C15H10BrClFN3OS. The summed E-state index contributed by atoms with van der Waals surface area (Å²) < 4.78 is 21.0. The summed E-state index contributed by atoms with van der Waals surface area (Å²) >= 11 is 10.9. The summed E-state index contributed by atoms with van der Waals surface area (Å²) in [5.41, 5.74) is 6.57. The summed E-state index contributed by atoms with van der Waals surface area (Å²) in [6.45, 7) is 0. The Morgan fingerprint density at radius 3 is 2.96 bits per heavy atom. The van der Waals surface area contributed by atoms with Gasteiger partial charge in [-0.05, 0) is 30.7 Å². The first-order valence-electron chi connectivity index (χ1n) is 6.82. The van der Waals surface area contributed by atoms with Crippen molar-refractivity contribution in [2.75, 3.05) is 5.75 Å². The highest BCUT2D eigenvalue weighted by atomic mass is 79.9. The van der Waals surface area contributed by atoms with E-state index in [1.165, 1.54) is 11.8 Å². The number of benzene rings is 1. The van der Waals surface area contributed by atoms with E-state index in [2.05, 4.69) is 25.9 Å². The molecule has 4 nitrogen and oxygen atoms in total. The number of aliphatic imine (C=N–C) groups is 1. The van der Waals surface area contributed by atoms with Crippen LogP contribution in [0.5, 0.6) is 11.5 Å². The molecule has 2 N–H and O–H groups in total. The van der Waals surface area contributed by atoms with Crippen LogP contribution in [-0.2, 0) is 5.54 Å². The van der Waals surface area contributed by atoms with Gasteiger partial charge in [-0.2, -0.15) is 4.39 Å². The van der Waals surface area contributed by atoms with E-state index >= 15 is 0 Å². The van der Waals surface area contributed by atoms with E-state index in [1.807, 2.05) is 12.1 Å². The largest absolute Gasteiger partial charge is 0.452 e. The maximum Gasteiger partial charge on any atom is 0.257 e. The Kier molecular flexibility index (Phi) is 3.55. The predicted octanol–water partition coefficient (Wildman–Crippen LogP) is 4.44. The highest BCUT2D eigenvalue weighted by Gasteiger charge is 2.45. The molecule has 1 spiro atoms. The summed E-state index contributed by atoms with van der Waals surface area (Å²) in [6.07, 6.45) is 0.665. The van der Waals surface area contributed by atoms with Gasteiger partial charge in [-0.3, -0.25) is 0 Å². The van der Waals surface area contributed by atoms with Crippen molar-refractivity contribution in [3.63, 3.8) is 0 Å². The number of ether oxygens (including phenoxy) is 1. The molecule has 4 rings (SSSR count). The van der Waals surface area contributed by atoms with Gasteiger partial charge >= 0.3 is 0 Å². The second-order valence-electron chi connectivity index (χ2n) is 5.26. The molecule has 0 fully saturated rings. The first-order valence-corrected chi connectivity index (χ1v) is 8.98. The summed E-state index contributed by atoms with van der Waals surface area (Å²) in [5, 5.41) is 0.526. The predicted molar refractivity (Wildman–Crippen MR) is 92.9 cm³/mol. The van der Waals surface area contributed by atoms with Crippen LogP contribution in [-0.4, -0.2) is 15.9 Å². The number of nitrogens with zero attached hydrogens (tertiary/aromatic N) is 2. The fraction of sp³-hybridized carbons (Fsp3) is 0.200. The molecule has 0 radical (unpaired) electrons. The van der Waals surface area contributed by atoms with Crippen LogP contribution in [0.3, 0.4) is 0 Å². The minimum Gasteiger partial charge on any atom is -0.452 e. The average molecular weight is 415 g/mol. The lowest BCUT2D eigenvalue weighted by molar-refractivity contribution is 0.362. The van der Waals surface area contributed by atoms with Crippen LogP contribution in [0.15, 0.2) is 33.7 Å². The number of rotatable bonds is 0. The van der Waals surface area contributed by atoms with Crippen LogP contribution >= 0.6 is 39.3 Å². The van der Waals surface area contributed by atoms with Gasteiger partial charge in [-0.15, -0.1) is 0 Å². The first-order chi connectivity index (χ1) is 11.0. The van der Waals surface area contributed by atoms with Crippen LogP contribution in [0, 0.1) is 5.95 Å². The Hall–Kier alpha value is -1.31. The summed E-state index contributed by atoms with van der Waals surface area (Å²) in [7, 11) is 0. The van der Waals surface area contributed by atoms with E-state index < -0.39 is 11.5 Å². The summed E-state index contributed by atoms with van der Waals surface area (Å²) in [5.74, 6) is 0.634. The Morgan fingerprint density at radius 2 is 2.17 bits per heavy atom. The van der Waals surface area contributed by atoms with Crippen LogP contribution in [0.25, 0.3) is 0 Å². The number of hydrogen-bond acceptors (Lipinski definition) is 5. The molecule has 0 bridgehead atoms. The fourth-order valence-electron chi connectivity index (χ4n) is 3.02. The first kappa shape index (κ1) is 15.2. The third kappa shape index (κ3) is 2.33. The van der Waals surface area contributed by atoms with Crippen molar-refractivity contribution >= 4 is 44.5 Å². The number of aromatic nitrogens is 1. The van der Waals surface area contributed by atoms with Gasteiger partial charge in [0.05, 0.1) is 0 Å². The third-order valence-corrected chi connectivity index (χ3v) is 5.44. The molecule has 3 heterocycles. The van der Waals surface area contributed by atoms with E-state index in [0.29, 0.717) is 22.9 Å². The Morgan fingerprint density at radius 1 is 1.35 bits per heavy atom. The van der Waals surface area contributed by atoms with Gasteiger partial charge in [-0.1, -0.05) is 39.3 Å². The quantitative estimate of drug-likeness (QED) is 0.648. The maximum absolute atomic E-state index is 14.3. The molecule has 0 saturated heterocycles. The molecule has 0 aliphatic carbocycles. The summed E-state index contributed by atoms with van der Waals surface area (Å²) in [6, 6.07) is 7.16. The molecule has 1 aromatic heterocycles. The van der Waals surface area contributed by atoms with Gasteiger partial charge in [0.25, 0.3) is 5.95 Å². The zero-order valence-electron chi connectivity index (χ0n) is 11.6. The number of thioether (sulfide) groups is 1. The van der Waals surface area contributed by atoms with E-state index in [4.69, 9.17) is 22.1 Å². The smallest absolute Gasteiger partial charge is 0.257 e. The number of nitrogens with two attached hydrogens (primary N) is 1. The van der Waals surface area contributed by atoms with Crippen molar-refractivity contribution in [1.82, 2.24) is 4.98 Å². The third-order valence-electron chi connectivity index (χ3n) is 3.96. The Bertz CT molecular complexity index is 863. The van der Waals surface area contributed by atoms with Crippen LogP contribution in [0.4, 0.5) is 4.39 Å². The maximum atomic E-state index is 14.3. The molecule has 2 aromatic rings. The average Bonchev–Trinajstić information content (AvgIpc) is 2.50. The normalized spacial score (nSPS) is 22.1. The van der Waals surface area contributed by atoms with Crippen molar-refractivity contribution in [2.24, 2.45) is 10.7 Å². The minimum atomic E-state index is -0.810. The van der Waals surface area contributed by atoms with Crippen molar-refractivity contribution in [2.45, 2.75) is 12.0 Å². The Labute approximate surface area is 149 Å². The molecule has 118 valence electrons. The molecule has 2 aliphatic rings. The number of hydrogen-bond donors (Lipinski definition) is 1. The zero-order valence-corrected chi connectivity index (χ0v) is 14.8. The lowest BCUT2D eigenvalue weighted by atomic mass is 9.79. The van der Waals surface area contributed by atoms with Gasteiger partial charge in [0.1, 0.15) is 16.4 Å². The van der Waals surface area contributed by atoms with Crippen molar-refractivity contribution in [3.8, 4) is 11.5 Å². The molecule has 1 aromatic carbocycles. The van der Waals surface area contributed by atoms with Gasteiger partial charge in [0.2, 0.25) is 0 Å². The lowest BCUT2D eigenvalue weighted by Crippen LogP contribution is -2.36. The van der Waals surface area contributed by atoms with Crippen LogP contribution in [0.2, 0.25) is 5.15 Å². The van der Waals surface area contributed by atoms with Crippen molar-refractivity contribution in [3.05, 3.63) is 51.0 Å². The molecule has 8 heteroatoms. The standard InChI is InChI=1S/C15H10BrClFN3OS/c16-7-1-2-10-8(5-7)15(3-4-23-14(19)21-15)9-6-11(17)20-13(18)12(9)22-10/h1-2,5-6H,3-4H2,(H2,19,21). The van der Waals surface area contributed by atoms with E-state index in [9.17, 15) is 4.39 Å². The number of halogens is 3. The van der Waals surface area contributed by atoms with Gasteiger partial charge in [-0.25, -0.2) is 9.98 Å². The highest BCUT2D eigenvalue weighted by Crippen LogP contribution is 2.54. The zero-order chi connectivity index (χ0) is 16.2. The minimum absolute atomic E-state index is 0.0627. The summed E-state index contributed by atoms with van der Waals surface area (Å²) in [4.78, 5) is 8.34. The van der Waals surface area contributed by atoms with Gasteiger partial charge < -0.3 is 10.5 Å². The second kappa shape index (κ2) is 5.36. The lowest BCUT2D eigenvalue weighted by Gasteiger charge is -2.39. The van der Waals surface area contributed by atoms with Crippen LogP contribution < -0.4 is 10.5 Å². The number of fused-ring (bicyclic) bond motifs is 4. The SMILES string of the molecule is NC1=NC2(CCS1)c1cc(Br)ccc1Oc1c2cc(Cl)nc1F. The number of amidine groups is 1. The van der Waals surface area contributed by atoms with Crippen LogP contribution in [0.1, 0.15) is 17.5 Å². The van der Waals surface area contributed by atoms with Gasteiger partial charge in [0.15, 0.2) is 10.9 Å². The molecule has 0 amide bonds. The Balaban J connectivity index is 2.08.